The molecular formula is C19H14Cl4N2O2. The van der Waals surface area contributed by atoms with Crippen LogP contribution in [0.5, 0.6) is 0 Å². The minimum Gasteiger partial charge on any atom is -0.457 e. The van der Waals surface area contributed by atoms with Gasteiger partial charge in [-0.2, -0.15) is 5.10 Å². The topological polar surface area (TPSA) is 44.1 Å². The van der Waals surface area contributed by atoms with Crippen LogP contribution in [-0.4, -0.2) is 15.7 Å². The number of rotatable bonds is 5. The number of hydrogen-bond donors (Lipinski definition) is 0. The standard InChI is InChI=1S/C19H14Cl4N2O2/c1-11-17(19(26)27-10-13-6-7-14(20)8-16(13)22)18(23)25(24-11)9-12-4-2-3-5-15(12)21/h2-8H,9-10H2,1H3. The van der Waals surface area contributed by atoms with Crippen LogP contribution in [0, 0.1) is 6.92 Å². The first-order valence-electron chi connectivity index (χ1n) is 7.94. The quantitative estimate of drug-likeness (QED) is 0.440. The lowest BCUT2D eigenvalue weighted by atomic mass is 10.2. The molecule has 0 aliphatic carbocycles. The molecule has 0 spiro atoms. The van der Waals surface area contributed by atoms with Crippen LogP contribution in [0.25, 0.3) is 0 Å². The van der Waals surface area contributed by atoms with E-state index in [1.807, 2.05) is 18.2 Å². The Kier molecular flexibility index (Phi) is 6.33. The normalized spacial score (nSPS) is 10.9. The van der Waals surface area contributed by atoms with Crippen LogP contribution in [0.2, 0.25) is 20.2 Å². The summed E-state index contributed by atoms with van der Waals surface area (Å²) in [5.74, 6) is -0.575. The van der Waals surface area contributed by atoms with Crippen molar-refractivity contribution in [3.63, 3.8) is 0 Å². The summed E-state index contributed by atoms with van der Waals surface area (Å²) in [7, 11) is 0. The van der Waals surface area contributed by atoms with Crippen molar-refractivity contribution < 1.29 is 9.53 Å². The molecule has 4 nitrogen and oxygen atoms in total. The largest absolute Gasteiger partial charge is 0.457 e. The van der Waals surface area contributed by atoms with Gasteiger partial charge in [-0.15, -0.1) is 0 Å². The molecule has 3 rings (SSSR count). The Balaban J connectivity index is 1.77. The van der Waals surface area contributed by atoms with E-state index in [1.165, 1.54) is 4.68 Å². The fraction of sp³-hybridized carbons (Fsp3) is 0.158. The van der Waals surface area contributed by atoms with Crippen molar-refractivity contribution in [1.29, 1.82) is 0 Å². The second-order valence-corrected chi connectivity index (χ2v) is 7.42. The first kappa shape index (κ1) is 20.0. The summed E-state index contributed by atoms with van der Waals surface area (Å²) >= 11 is 24.5. The van der Waals surface area contributed by atoms with Crippen LogP contribution in [0.1, 0.15) is 27.2 Å². The molecule has 0 radical (unpaired) electrons. The molecule has 0 unspecified atom stereocenters. The molecule has 0 aliphatic heterocycles. The molecule has 0 atom stereocenters. The zero-order chi connectivity index (χ0) is 19.6. The average molecular weight is 444 g/mol. The highest BCUT2D eigenvalue weighted by Crippen LogP contribution is 2.26. The number of benzene rings is 2. The predicted octanol–water partition coefficient (Wildman–Crippen LogP) is 6.21. The van der Waals surface area contributed by atoms with E-state index in [0.29, 0.717) is 32.9 Å². The summed E-state index contributed by atoms with van der Waals surface area (Å²) < 4.78 is 6.87. The van der Waals surface area contributed by atoms with Crippen LogP contribution in [0.4, 0.5) is 0 Å². The summed E-state index contributed by atoms with van der Waals surface area (Å²) in [6, 6.07) is 12.3. The van der Waals surface area contributed by atoms with E-state index in [9.17, 15) is 4.79 Å². The molecule has 0 aliphatic rings. The highest BCUT2D eigenvalue weighted by molar-refractivity contribution is 6.35. The number of esters is 1. The van der Waals surface area contributed by atoms with Crippen molar-refractivity contribution in [2.24, 2.45) is 0 Å². The van der Waals surface area contributed by atoms with E-state index in [2.05, 4.69) is 5.10 Å². The fourth-order valence-corrected chi connectivity index (χ4v) is 3.50. The van der Waals surface area contributed by atoms with Gasteiger partial charge in [0.05, 0.1) is 12.2 Å². The van der Waals surface area contributed by atoms with Crippen LogP contribution >= 0.6 is 46.4 Å². The van der Waals surface area contributed by atoms with Crippen molar-refractivity contribution in [3.05, 3.63) is 85.1 Å². The molecule has 1 aromatic heterocycles. The number of ether oxygens (including phenoxy) is 1. The third-order valence-electron chi connectivity index (χ3n) is 3.92. The maximum absolute atomic E-state index is 12.5. The molecule has 2 aromatic carbocycles. The van der Waals surface area contributed by atoms with Gasteiger partial charge >= 0.3 is 5.97 Å². The molecular weight excluding hydrogens is 430 g/mol. The summed E-state index contributed by atoms with van der Waals surface area (Å²) in [5, 5.41) is 6.06. The zero-order valence-corrected chi connectivity index (χ0v) is 17.2. The maximum atomic E-state index is 12.5. The van der Waals surface area contributed by atoms with Gasteiger partial charge < -0.3 is 4.74 Å². The number of carbonyl (C=O) groups excluding carboxylic acids is 1. The Morgan fingerprint density at radius 1 is 1.04 bits per heavy atom. The molecule has 0 bridgehead atoms. The van der Waals surface area contributed by atoms with E-state index in [0.717, 1.165) is 5.56 Å². The Morgan fingerprint density at radius 2 is 1.78 bits per heavy atom. The third-order valence-corrected chi connectivity index (χ3v) is 5.26. The van der Waals surface area contributed by atoms with Crippen molar-refractivity contribution in [3.8, 4) is 0 Å². The van der Waals surface area contributed by atoms with Gasteiger partial charge in [-0.1, -0.05) is 70.7 Å². The van der Waals surface area contributed by atoms with E-state index < -0.39 is 5.97 Å². The third kappa shape index (κ3) is 4.58. The van der Waals surface area contributed by atoms with Crippen molar-refractivity contribution in [2.75, 3.05) is 0 Å². The Hall–Kier alpha value is -1.72. The smallest absolute Gasteiger partial charge is 0.343 e. The van der Waals surface area contributed by atoms with Gasteiger partial charge in [0.2, 0.25) is 0 Å². The summed E-state index contributed by atoms with van der Waals surface area (Å²) in [6.07, 6.45) is 0. The molecule has 0 fully saturated rings. The van der Waals surface area contributed by atoms with Gasteiger partial charge in [0.15, 0.2) is 0 Å². The first-order chi connectivity index (χ1) is 12.9. The number of hydrogen-bond acceptors (Lipinski definition) is 3. The molecule has 27 heavy (non-hydrogen) atoms. The van der Waals surface area contributed by atoms with E-state index in [1.54, 1.807) is 31.2 Å². The number of halogens is 4. The van der Waals surface area contributed by atoms with Gasteiger partial charge in [-0.05, 0) is 30.7 Å². The zero-order valence-electron chi connectivity index (χ0n) is 14.2. The van der Waals surface area contributed by atoms with Gasteiger partial charge in [0.1, 0.15) is 17.3 Å². The molecule has 0 N–H and O–H groups in total. The minimum absolute atomic E-state index is 0.000295. The average Bonchev–Trinajstić information content (AvgIpc) is 2.89. The lowest BCUT2D eigenvalue weighted by molar-refractivity contribution is 0.0472. The number of aromatic nitrogens is 2. The molecule has 0 saturated carbocycles. The van der Waals surface area contributed by atoms with Gasteiger partial charge in [-0.3, -0.25) is 0 Å². The van der Waals surface area contributed by atoms with E-state index in [4.69, 9.17) is 51.1 Å². The van der Waals surface area contributed by atoms with E-state index >= 15 is 0 Å². The highest BCUT2D eigenvalue weighted by Gasteiger charge is 2.22. The van der Waals surface area contributed by atoms with Gasteiger partial charge in [0, 0.05) is 20.6 Å². The van der Waals surface area contributed by atoms with Crippen LogP contribution < -0.4 is 0 Å². The van der Waals surface area contributed by atoms with Crippen molar-refractivity contribution >= 4 is 52.4 Å². The molecule has 8 heteroatoms. The lowest BCUT2D eigenvalue weighted by Gasteiger charge is -2.08. The first-order valence-corrected chi connectivity index (χ1v) is 9.45. The van der Waals surface area contributed by atoms with Gasteiger partial charge in [0.25, 0.3) is 0 Å². The Bertz CT molecular complexity index is 1000. The fourth-order valence-electron chi connectivity index (χ4n) is 2.53. The van der Waals surface area contributed by atoms with E-state index in [-0.39, 0.29) is 17.3 Å². The number of aryl methyl sites for hydroxylation is 1. The predicted molar refractivity (Wildman–Crippen MR) is 108 cm³/mol. The summed E-state index contributed by atoms with van der Waals surface area (Å²) in [6.45, 7) is 2.04. The number of nitrogens with zero attached hydrogens (tertiary/aromatic N) is 2. The highest BCUT2D eigenvalue weighted by atomic mass is 35.5. The van der Waals surface area contributed by atoms with Crippen molar-refractivity contribution in [1.82, 2.24) is 9.78 Å². The monoisotopic (exact) mass is 442 g/mol. The second-order valence-electron chi connectivity index (χ2n) is 5.81. The summed E-state index contributed by atoms with van der Waals surface area (Å²) in [4.78, 5) is 12.5. The van der Waals surface area contributed by atoms with Crippen molar-refractivity contribution in [2.45, 2.75) is 20.1 Å². The molecule has 0 amide bonds. The lowest BCUT2D eigenvalue weighted by Crippen LogP contribution is -2.07. The van der Waals surface area contributed by atoms with Crippen LogP contribution in [0.3, 0.4) is 0 Å². The number of carbonyl (C=O) groups is 1. The summed E-state index contributed by atoms with van der Waals surface area (Å²) in [5.41, 5.74) is 2.18. The molecule has 1 heterocycles. The van der Waals surface area contributed by atoms with Crippen LogP contribution in [-0.2, 0) is 17.9 Å². The maximum Gasteiger partial charge on any atom is 0.343 e. The molecule has 140 valence electrons. The van der Waals surface area contributed by atoms with Gasteiger partial charge in [-0.25, -0.2) is 9.48 Å². The SMILES string of the molecule is Cc1nn(Cc2ccccc2Cl)c(Cl)c1C(=O)OCc1ccc(Cl)cc1Cl. The van der Waals surface area contributed by atoms with Crippen LogP contribution in [0.15, 0.2) is 42.5 Å². The minimum atomic E-state index is -0.575. The molecule has 0 saturated heterocycles. The Morgan fingerprint density at radius 3 is 2.48 bits per heavy atom. The molecule has 3 aromatic rings. The Labute approximate surface area is 176 Å². The second kappa shape index (κ2) is 8.53.